The summed E-state index contributed by atoms with van der Waals surface area (Å²) in [4.78, 5) is 0. The van der Waals surface area contributed by atoms with E-state index in [0.717, 1.165) is 6.42 Å². The Balaban J connectivity index is -0.000000605. The standard InChI is InChI=1S/C7H12OS4.K.H/c1-2-3-4-5-8-6(9)12-7(10)11;;/h2-5H2,1H3,(H,10,11);;/q;+1;-1. The topological polar surface area (TPSA) is 9.23 Å². The fourth-order valence-electron chi connectivity index (χ4n) is 0.608. The fraction of sp³-hybridized carbons (Fsp3) is 0.714. The van der Waals surface area contributed by atoms with Crippen LogP contribution in [0.25, 0.3) is 0 Å². The third-order valence-corrected chi connectivity index (χ3v) is 2.49. The second-order valence-corrected chi connectivity index (χ2v) is 5.50. The number of thiocarbonyl (C=S) groups is 2. The second kappa shape index (κ2) is 12.4. The van der Waals surface area contributed by atoms with Crippen LogP contribution in [0.5, 0.6) is 0 Å². The Hall–Kier alpha value is 2.32. The maximum Gasteiger partial charge on any atom is 1.00 e. The van der Waals surface area contributed by atoms with Gasteiger partial charge < -0.3 is 6.16 Å². The summed E-state index contributed by atoms with van der Waals surface area (Å²) in [6, 6.07) is 0. The summed E-state index contributed by atoms with van der Waals surface area (Å²) < 4.78 is 6.20. The molecule has 0 aromatic rings. The van der Waals surface area contributed by atoms with Crippen molar-refractivity contribution in [2.75, 3.05) is 6.61 Å². The summed E-state index contributed by atoms with van der Waals surface area (Å²) in [6.07, 6.45) is 3.42. The summed E-state index contributed by atoms with van der Waals surface area (Å²) in [6.45, 7) is 2.84. The average molecular weight is 281 g/mol. The molecule has 0 saturated heterocycles. The van der Waals surface area contributed by atoms with E-state index < -0.39 is 0 Å². The fourth-order valence-corrected chi connectivity index (χ4v) is 2.05. The first-order valence-electron chi connectivity index (χ1n) is 3.74. The van der Waals surface area contributed by atoms with Crippen LogP contribution in [0.1, 0.15) is 27.6 Å². The van der Waals surface area contributed by atoms with Crippen molar-refractivity contribution in [1.29, 1.82) is 0 Å². The molecule has 6 heteroatoms. The van der Waals surface area contributed by atoms with Crippen LogP contribution >= 0.6 is 48.8 Å². The van der Waals surface area contributed by atoms with Gasteiger partial charge in [0.2, 0.25) is 4.38 Å². The van der Waals surface area contributed by atoms with Crippen molar-refractivity contribution in [2.24, 2.45) is 0 Å². The third-order valence-electron chi connectivity index (χ3n) is 1.14. The second-order valence-electron chi connectivity index (χ2n) is 2.17. The zero-order valence-electron chi connectivity index (χ0n) is 8.91. The predicted molar refractivity (Wildman–Crippen MR) is 68.4 cm³/mol. The zero-order chi connectivity index (χ0) is 9.40. The van der Waals surface area contributed by atoms with Crippen molar-refractivity contribution < 1.29 is 57.5 Å². The molecule has 0 fully saturated rings. The van der Waals surface area contributed by atoms with E-state index in [9.17, 15) is 0 Å². The van der Waals surface area contributed by atoms with Crippen molar-refractivity contribution in [3.05, 3.63) is 0 Å². The average Bonchev–Trinajstić information content (AvgIpc) is 1.97. The molecule has 0 aromatic heterocycles. The molecule has 0 radical (unpaired) electrons. The molecule has 13 heavy (non-hydrogen) atoms. The predicted octanol–water partition coefficient (Wildman–Crippen LogP) is 0.542. The number of rotatable bonds is 4. The molecule has 0 aromatic carbocycles. The van der Waals surface area contributed by atoms with Crippen LogP contribution < -0.4 is 51.4 Å². The van der Waals surface area contributed by atoms with Crippen molar-refractivity contribution >= 4 is 56.7 Å². The van der Waals surface area contributed by atoms with Crippen LogP contribution in [0.2, 0.25) is 0 Å². The number of thioether (sulfide) groups is 1. The molecule has 0 rings (SSSR count). The van der Waals surface area contributed by atoms with Gasteiger partial charge in [-0.05, 0) is 30.4 Å². The van der Waals surface area contributed by atoms with Crippen molar-refractivity contribution in [1.82, 2.24) is 0 Å². The summed E-state index contributed by atoms with van der Waals surface area (Å²) >= 11 is 14.8. The molecule has 0 atom stereocenters. The number of hydrogen-bond acceptors (Lipinski definition) is 4. The van der Waals surface area contributed by atoms with Gasteiger partial charge in [0.15, 0.2) is 0 Å². The number of hydrogen-bond donors (Lipinski definition) is 1. The molecule has 0 aliphatic heterocycles. The van der Waals surface area contributed by atoms with E-state index in [1.165, 1.54) is 24.6 Å². The molecule has 0 aliphatic rings. The van der Waals surface area contributed by atoms with E-state index in [1.807, 2.05) is 0 Å². The van der Waals surface area contributed by atoms with Gasteiger partial charge in [-0.15, -0.1) is 12.6 Å². The van der Waals surface area contributed by atoms with Gasteiger partial charge in [0.1, 0.15) is 3.53 Å². The molecular formula is C7H13KOS4. The van der Waals surface area contributed by atoms with Gasteiger partial charge in [-0.25, -0.2) is 0 Å². The largest absolute Gasteiger partial charge is 1.00 e. The molecule has 0 aliphatic carbocycles. The molecule has 1 nitrogen and oxygen atoms in total. The van der Waals surface area contributed by atoms with Crippen LogP contribution in [0.15, 0.2) is 0 Å². The Morgan fingerprint density at radius 1 is 1.46 bits per heavy atom. The van der Waals surface area contributed by atoms with Crippen LogP contribution in [0.3, 0.4) is 0 Å². The van der Waals surface area contributed by atoms with Gasteiger partial charge in [-0.1, -0.05) is 32.0 Å². The Kier molecular flexibility index (Phi) is 16.9. The zero-order valence-corrected chi connectivity index (χ0v) is 14.4. The van der Waals surface area contributed by atoms with Crippen molar-refractivity contribution in [2.45, 2.75) is 26.2 Å². The maximum absolute atomic E-state index is 5.21. The molecule has 0 bridgehead atoms. The van der Waals surface area contributed by atoms with Gasteiger partial charge >= 0.3 is 51.4 Å². The third kappa shape index (κ3) is 14.3. The Bertz CT molecular complexity index is 168. The van der Waals surface area contributed by atoms with E-state index >= 15 is 0 Å². The summed E-state index contributed by atoms with van der Waals surface area (Å²) in [7, 11) is 0. The first-order chi connectivity index (χ1) is 5.66. The molecule has 72 valence electrons. The molecule has 0 N–H and O–H groups in total. The molecular weight excluding hydrogens is 267 g/mol. The minimum atomic E-state index is 0. The van der Waals surface area contributed by atoms with Gasteiger partial charge in [0.25, 0.3) is 0 Å². The molecule has 0 amide bonds. The van der Waals surface area contributed by atoms with Gasteiger partial charge in [0, 0.05) is 0 Å². The molecule has 0 heterocycles. The first kappa shape index (κ1) is 17.7. The minimum absolute atomic E-state index is 0. The molecule has 0 saturated carbocycles. The maximum atomic E-state index is 5.21. The SMILES string of the molecule is CCCCCOC(=S)SC(=S)S.[H-].[K+]. The van der Waals surface area contributed by atoms with Gasteiger partial charge in [-0.2, -0.15) is 0 Å². The van der Waals surface area contributed by atoms with Crippen LogP contribution in [0.4, 0.5) is 0 Å². The Morgan fingerprint density at radius 3 is 2.54 bits per heavy atom. The summed E-state index contributed by atoms with van der Waals surface area (Å²) in [5.74, 6) is 0. The summed E-state index contributed by atoms with van der Waals surface area (Å²) in [5, 5.41) is 0. The van der Waals surface area contributed by atoms with E-state index in [0.29, 0.717) is 14.5 Å². The van der Waals surface area contributed by atoms with Crippen molar-refractivity contribution in [3.63, 3.8) is 0 Å². The number of unbranched alkanes of at least 4 members (excludes halogenated alkanes) is 2. The monoisotopic (exact) mass is 280 g/mol. The number of ether oxygens (including phenoxy) is 1. The van der Waals surface area contributed by atoms with Crippen LogP contribution in [-0.4, -0.2) is 14.5 Å². The van der Waals surface area contributed by atoms with E-state index in [4.69, 9.17) is 29.2 Å². The Labute approximate surface area is 144 Å². The first-order valence-corrected chi connectivity index (χ1v) is 5.82. The summed E-state index contributed by atoms with van der Waals surface area (Å²) in [5.41, 5.74) is 0. The Morgan fingerprint density at radius 2 is 2.08 bits per heavy atom. The minimum Gasteiger partial charge on any atom is -1.00 e. The van der Waals surface area contributed by atoms with E-state index in [2.05, 4.69) is 19.6 Å². The normalized spacial score (nSPS) is 8.77. The smallest absolute Gasteiger partial charge is 1.00 e. The van der Waals surface area contributed by atoms with Gasteiger partial charge in [-0.3, -0.25) is 0 Å². The van der Waals surface area contributed by atoms with Crippen molar-refractivity contribution in [3.8, 4) is 0 Å². The molecule has 0 unspecified atom stereocenters. The van der Waals surface area contributed by atoms with Crippen LogP contribution in [-0.2, 0) is 4.74 Å². The molecule has 0 spiro atoms. The van der Waals surface area contributed by atoms with E-state index in [1.54, 1.807) is 0 Å². The van der Waals surface area contributed by atoms with E-state index in [-0.39, 0.29) is 52.8 Å². The van der Waals surface area contributed by atoms with Gasteiger partial charge in [0.05, 0.1) is 6.61 Å². The quantitative estimate of drug-likeness (QED) is 0.348. The number of thiol groups is 1. The van der Waals surface area contributed by atoms with Crippen LogP contribution in [0, 0.1) is 0 Å².